The number of carbonyl (C=O) groups excluding carboxylic acids is 1. The van der Waals surface area contributed by atoms with Gasteiger partial charge in [-0.15, -0.1) is 0 Å². The maximum Gasteiger partial charge on any atom is 0.341 e. The van der Waals surface area contributed by atoms with Crippen LogP contribution in [0.2, 0.25) is 0 Å². The molecule has 2 heterocycles. The summed E-state index contributed by atoms with van der Waals surface area (Å²) in [5.74, 6) is -0.985. The second kappa shape index (κ2) is 15.5. The second-order valence-corrected chi connectivity index (χ2v) is 6.95. The largest absolute Gasteiger partial charge is 0.480 e. The summed E-state index contributed by atoms with van der Waals surface area (Å²) < 4.78 is 11.0. The molecule has 2 aromatic heterocycles. The molecular formula is C18H24Br2N4O7. The van der Waals surface area contributed by atoms with E-state index >= 15 is 0 Å². The van der Waals surface area contributed by atoms with Gasteiger partial charge in [-0.25, -0.2) is 25.3 Å². The number of nitrogens with one attached hydrogen (secondary N) is 1. The van der Waals surface area contributed by atoms with E-state index in [1.807, 2.05) is 0 Å². The standard InChI is InChI=1S/C9H11BrN2O3.C7H6BrNO3.C2H7NO/c1-12(15-3)9(13)7-4-6(10)5-11-8(7)14-2;1-12-6-5(7(10)11)2-4(8)3-9-6;1-3-4-2/h4-5H,1-3H3;2-3H,1H3,(H,10,11);3H,1-2H3. The summed E-state index contributed by atoms with van der Waals surface area (Å²) in [5, 5.41) is 9.78. The van der Waals surface area contributed by atoms with Gasteiger partial charge in [-0.2, -0.15) is 0 Å². The maximum absolute atomic E-state index is 11.8. The lowest BCUT2D eigenvalue weighted by molar-refractivity contribution is -0.0758. The van der Waals surface area contributed by atoms with Gasteiger partial charge in [0.05, 0.1) is 28.4 Å². The van der Waals surface area contributed by atoms with Crippen LogP contribution in [0, 0.1) is 0 Å². The minimum absolute atomic E-state index is 0.0480. The Balaban J connectivity index is 0.000000504. The van der Waals surface area contributed by atoms with Crippen LogP contribution >= 0.6 is 31.9 Å². The number of halogens is 2. The van der Waals surface area contributed by atoms with Gasteiger partial charge in [0.1, 0.15) is 11.1 Å². The molecule has 1 amide bonds. The first kappa shape index (κ1) is 28.7. The summed E-state index contributed by atoms with van der Waals surface area (Å²) >= 11 is 6.35. The molecule has 0 atom stereocenters. The molecule has 2 rings (SSSR count). The molecule has 2 N–H and O–H groups in total. The smallest absolute Gasteiger partial charge is 0.341 e. The lowest BCUT2D eigenvalue weighted by Crippen LogP contribution is -2.26. The lowest BCUT2D eigenvalue weighted by atomic mass is 10.2. The van der Waals surface area contributed by atoms with Gasteiger partial charge in [0.15, 0.2) is 0 Å². The molecule has 0 radical (unpaired) electrons. The molecule has 0 bridgehead atoms. The number of rotatable bonds is 6. The molecule has 0 aliphatic rings. The first-order valence-corrected chi connectivity index (χ1v) is 9.89. The van der Waals surface area contributed by atoms with Crippen molar-refractivity contribution in [3.05, 3.63) is 44.6 Å². The minimum atomic E-state index is -1.05. The number of ether oxygens (including phenoxy) is 2. The Morgan fingerprint density at radius 3 is 1.74 bits per heavy atom. The quantitative estimate of drug-likeness (QED) is 0.502. The third kappa shape index (κ3) is 10.0. The highest BCUT2D eigenvalue weighted by Gasteiger charge is 2.18. The van der Waals surface area contributed by atoms with Crippen molar-refractivity contribution in [2.75, 3.05) is 42.5 Å². The van der Waals surface area contributed by atoms with Gasteiger partial charge in [-0.1, -0.05) is 0 Å². The van der Waals surface area contributed by atoms with Crippen LogP contribution in [0.4, 0.5) is 0 Å². The molecule has 172 valence electrons. The zero-order chi connectivity index (χ0) is 24.0. The van der Waals surface area contributed by atoms with E-state index in [9.17, 15) is 9.59 Å². The number of hydrogen-bond donors (Lipinski definition) is 2. The molecule has 0 unspecified atom stereocenters. The number of carboxylic acid groups (broad SMARTS) is 1. The maximum atomic E-state index is 11.8. The van der Waals surface area contributed by atoms with Gasteiger partial charge >= 0.3 is 5.97 Å². The van der Waals surface area contributed by atoms with Crippen LogP contribution < -0.4 is 15.0 Å². The first-order chi connectivity index (χ1) is 14.7. The van der Waals surface area contributed by atoms with E-state index in [0.29, 0.717) is 14.5 Å². The number of pyridine rings is 2. The SMILES string of the molecule is CNOC.COc1ncc(Br)cc1C(=O)N(C)OC.COc1ncc(Br)cc1C(=O)O. The highest BCUT2D eigenvalue weighted by molar-refractivity contribution is 9.10. The molecular weight excluding hydrogens is 544 g/mol. The summed E-state index contributed by atoms with van der Waals surface area (Å²) in [6.45, 7) is 0. The molecule has 0 saturated heterocycles. The van der Waals surface area contributed by atoms with Crippen molar-refractivity contribution >= 4 is 43.7 Å². The monoisotopic (exact) mass is 566 g/mol. The molecule has 2 aromatic rings. The molecule has 0 fully saturated rings. The van der Waals surface area contributed by atoms with Crippen LogP contribution in [0.25, 0.3) is 0 Å². The Morgan fingerprint density at radius 2 is 1.39 bits per heavy atom. The number of hydrogen-bond acceptors (Lipinski definition) is 9. The van der Waals surface area contributed by atoms with Crippen LogP contribution in [0.5, 0.6) is 11.8 Å². The number of carboxylic acids is 1. The fourth-order valence-electron chi connectivity index (χ4n) is 1.74. The highest BCUT2D eigenvalue weighted by atomic mass is 79.9. The predicted molar refractivity (Wildman–Crippen MR) is 119 cm³/mol. The highest BCUT2D eigenvalue weighted by Crippen LogP contribution is 2.21. The topological polar surface area (TPSA) is 132 Å². The van der Waals surface area contributed by atoms with Crippen LogP contribution in [0.1, 0.15) is 20.7 Å². The number of carbonyl (C=O) groups is 2. The van der Waals surface area contributed by atoms with Crippen molar-refractivity contribution < 1.29 is 33.8 Å². The average molecular weight is 568 g/mol. The average Bonchev–Trinajstić information content (AvgIpc) is 2.78. The van der Waals surface area contributed by atoms with E-state index < -0.39 is 5.97 Å². The molecule has 31 heavy (non-hydrogen) atoms. The third-order valence-corrected chi connectivity index (χ3v) is 4.11. The zero-order valence-corrected chi connectivity index (χ0v) is 21.0. The van der Waals surface area contributed by atoms with Crippen LogP contribution in [0.3, 0.4) is 0 Å². The van der Waals surface area contributed by atoms with E-state index in [4.69, 9.17) is 19.4 Å². The van der Waals surface area contributed by atoms with Gasteiger partial charge in [-0.05, 0) is 44.0 Å². The van der Waals surface area contributed by atoms with Crippen LogP contribution in [-0.4, -0.2) is 74.5 Å². The normalized spacial score (nSPS) is 9.42. The van der Waals surface area contributed by atoms with E-state index in [0.717, 1.165) is 5.06 Å². The van der Waals surface area contributed by atoms with Crippen LogP contribution in [0.15, 0.2) is 33.5 Å². The summed E-state index contributed by atoms with van der Waals surface area (Å²) in [6, 6.07) is 3.07. The van der Waals surface area contributed by atoms with E-state index in [-0.39, 0.29) is 23.2 Å². The van der Waals surface area contributed by atoms with Gasteiger partial charge in [0.2, 0.25) is 11.8 Å². The molecule has 0 aliphatic carbocycles. The Bertz CT molecular complexity index is 854. The van der Waals surface area contributed by atoms with Gasteiger partial charge in [0.25, 0.3) is 5.91 Å². The second-order valence-electron chi connectivity index (χ2n) is 5.12. The van der Waals surface area contributed by atoms with E-state index in [2.05, 4.69) is 52.1 Å². The lowest BCUT2D eigenvalue weighted by Gasteiger charge is -2.15. The zero-order valence-electron chi connectivity index (χ0n) is 17.8. The Hall–Kier alpha value is -2.32. The molecule has 0 saturated carbocycles. The number of amides is 1. The van der Waals surface area contributed by atoms with Crippen molar-refractivity contribution in [2.45, 2.75) is 0 Å². The number of aromatic carboxylic acids is 1. The van der Waals surface area contributed by atoms with E-state index in [1.54, 1.807) is 26.4 Å². The Labute approximate surface area is 196 Å². The van der Waals surface area contributed by atoms with E-state index in [1.165, 1.54) is 40.6 Å². The van der Waals surface area contributed by atoms with Gasteiger partial charge in [-0.3, -0.25) is 9.63 Å². The van der Waals surface area contributed by atoms with Gasteiger partial charge in [0, 0.05) is 35.4 Å². The molecule has 13 heteroatoms. The Kier molecular flexibility index (Phi) is 14.3. The third-order valence-electron chi connectivity index (χ3n) is 3.25. The number of aromatic nitrogens is 2. The van der Waals surface area contributed by atoms with Crippen molar-refractivity contribution in [1.29, 1.82) is 0 Å². The molecule has 0 aliphatic heterocycles. The molecule has 0 aromatic carbocycles. The summed E-state index contributed by atoms with van der Waals surface area (Å²) in [6.07, 6.45) is 3.04. The minimum Gasteiger partial charge on any atom is -0.480 e. The fraction of sp³-hybridized carbons (Fsp3) is 0.333. The van der Waals surface area contributed by atoms with Crippen molar-refractivity contribution in [3.63, 3.8) is 0 Å². The van der Waals surface area contributed by atoms with Crippen molar-refractivity contribution in [1.82, 2.24) is 20.5 Å². The molecule has 11 nitrogen and oxygen atoms in total. The Morgan fingerprint density at radius 1 is 0.968 bits per heavy atom. The molecule has 0 spiro atoms. The summed E-state index contributed by atoms with van der Waals surface area (Å²) in [5.41, 5.74) is 2.82. The number of nitrogens with zero attached hydrogens (tertiary/aromatic N) is 3. The fourth-order valence-corrected chi connectivity index (χ4v) is 2.40. The van der Waals surface area contributed by atoms with Crippen LogP contribution in [-0.2, 0) is 9.68 Å². The van der Waals surface area contributed by atoms with Gasteiger partial charge < -0.3 is 19.4 Å². The van der Waals surface area contributed by atoms with Crippen molar-refractivity contribution in [3.8, 4) is 11.8 Å². The predicted octanol–water partition coefficient (Wildman–Crippen LogP) is 2.80. The summed E-state index contributed by atoms with van der Waals surface area (Å²) in [4.78, 5) is 39.2. The number of methoxy groups -OCH3 is 2. The van der Waals surface area contributed by atoms with Crippen molar-refractivity contribution in [2.24, 2.45) is 0 Å². The first-order valence-electron chi connectivity index (χ1n) is 8.30. The number of hydroxylamine groups is 3. The summed E-state index contributed by atoms with van der Waals surface area (Å²) in [7, 11) is 9.04.